The SMILES string of the molecule is CCCCn1nc(C(=O)OCC(=O)Nc2cccc(OC)c2)c2ccccc2c1=O. The largest absolute Gasteiger partial charge is 0.497 e. The minimum Gasteiger partial charge on any atom is -0.497 e. The number of ether oxygens (including phenoxy) is 2. The van der Waals surface area contributed by atoms with Crippen molar-refractivity contribution in [2.24, 2.45) is 0 Å². The van der Waals surface area contributed by atoms with Crippen LogP contribution in [-0.2, 0) is 16.1 Å². The molecule has 156 valence electrons. The Balaban J connectivity index is 1.76. The van der Waals surface area contributed by atoms with E-state index in [1.165, 1.54) is 11.8 Å². The van der Waals surface area contributed by atoms with E-state index in [1.54, 1.807) is 48.5 Å². The van der Waals surface area contributed by atoms with Gasteiger partial charge in [-0.3, -0.25) is 9.59 Å². The molecule has 0 fully saturated rings. The number of aryl methyl sites for hydroxylation is 1. The maximum atomic E-state index is 12.7. The zero-order valence-corrected chi connectivity index (χ0v) is 16.9. The lowest BCUT2D eigenvalue weighted by atomic mass is 10.1. The summed E-state index contributed by atoms with van der Waals surface area (Å²) in [6.07, 6.45) is 1.63. The third-order valence-corrected chi connectivity index (χ3v) is 4.47. The van der Waals surface area contributed by atoms with Crippen molar-refractivity contribution in [3.8, 4) is 5.75 Å². The van der Waals surface area contributed by atoms with Gasteiger partial charge in [0.15, 0.2) is 12.3 Å². The van der Waals surface area contributed by atoms with Crippen molar-refractivity contribution in [3.05, 3.63) is 64.6 Å². The number of rotatable bonds is 8. The first kappa shape index (κ1) is 21.0. The fourth-order valence-electron chi connectivity index (χ4n) is 2.94. The van der Waals surface area contributed by atoms with Gasteiger partial charge in [-0.2, -0.15) is 5.10 Å². The summed E-state index contributed by atoms with van der Waals surface area (Å²) in [6, 6.07) is 13.6. The quantitative estimate of drug-likeness (QED) is 0.574. The maximum Gasteiger partial charge on any atom is 0.359 e. The Morgan fingerprint density at radius 2 is 1.87 bits per heavy atom. The molecule has 0 bridgehead atoms. The summed E-state index contributed by atoms with van der Waals surface area (Å²) in [4.78, 5) is 37.4. The van der Waals surface area contributed by atoms with Crippen LogP contribution in [-0.4, -0.2) is 35.4 Å². The van der Waals surface area contributed by atoms with E-state index in [9.17, 15) is 14.4 Å². The number of aromatic nitrogens is 2. The molecule has 0 saturated heterocycles. The Morgan fingerprint density at radius 1 is 1.10 bits per heavy atom. The Kier molecular flexibility index (Phi) is 6.79. The number of anilines is 1. The van der Waals surface area contributed by atoms with Crippen LogP contribution in [0.15, 0.2) is 53.3 Å². The molecule has 1 aromatic heterocycles. The molecule has 0 aliphatic heterocycles. The van der Waals surface area contributed by atoms with Crippen LogP contribution in [0.3, 0.4) is 0 Å². The predicted octanol–water partition coefficient (Wildman–Crippen LogP) is 3.00. The fraction of sp³-hybridized carbons (Fsp3) is 0.273. The number of esters is 1. The third kappa shape index (κ3) is 4.83. The molecule has 1 N–H and O–H groups in total. The molecule has 0 saturated carbocycles. The van der Waals surface area contributed by atoms with Crippen molar-refractivity contribution in [3.63, 3.8) is 0 Å². The van der Waals surface area contributed by atoms with Gasteiger partial charge in [-0.05, 0) is 24.6 Å². The van der Waals surface area contributed by atoms with Crippen LogP contribution < -0.4 is 15.6 Å². The Labute approximate surface area is 173 Å². The van der Waals surface area contributed by atoms with Gasteiger partial charge in [0.1, 0.15) is 5.75 Å². The van der Waals surface area contributed by atoms with Crippen molar-refractivity contribution >= 4 is 28.3 Å². The summed E-state index contributed by atoms with van der Waals surface area (Å²) in [7, 11) is 1.53. The number of hydrogen-bond donors (Lipinski definition) is 1. The van der Waals surface area contributed by atoms with Crippen LogP contribution in [0.2, 0.25) is 0 Å². The van der Waals surface area contributed by atoms with E-state index in [-0.39, 0.29) is 11.3 Å². The van der Waals surface area contributed by atoms with E-state index in [0.717, 1.165) is 12.8 Å². The summed E-state index contributed by atoms with van der Waals surface area (Å²) in [6.45, 7) is 1.92. The van der Waals surface area contributed by atoms with Crippen molar-refractivity contribution in [2.75, 3.05) is 19.0 Å². The number of fused-ring (bicyclic) bond motifs is 1. The number of benzene rings is 2. The molecule has 0 aliphatic carbocycles. The molecular formula is C22H23N3O5. The number of unbranched alkanes of at least 4 members (excludes halogenated alkanes) is 1. The zero-order chi connectivity index (χ0) is 21.5. The van der Waals surface area contributed by atoms with E-state index in [2.05, 4.69) is 10.4 Å². The minimum atomic E-state index is -0.766. The predicted molar refractivity (Wildman–Crippen MR) is 113 cm³/mol. The van der Waals surface area contributed by atoms with Gasteiger partial charge >= 0.3 is 5.97 Å². The molecule has 3 aromatic rings. The number of amides is 1. The molecule has 0 unspecified atom stereocenters. The van der Waals surface area contributed by atoms with E-state index in [1.807, 2.05) is 6.92 Å². The average molecular weight is 409 g/mol. The fourth-order valence-corrected chi connectivity index (χ4v) is 2.94. The molecule has 2 aromatic carbocycles. The molecule has 0 atom stereocenters. The topological polar surface area (TPSA) is 99.5 Å². The summed E-state index contributed by atoms with van der Waals surface area (Å²) in [5.74, 6) is -0.674. The van der Waals surface area contributed by atoms with Crippen LogP contribution in [0.1, 0.15) is 30.3 Å². The second kappa shape index (κ2) is 9.69. The molecule has 8 nitrogen and oxygen atoms in total. The van der Waals surface area contributed by atoms with Gasteiger partial charge in [0.2, 0.25) is 0 Å². The lowest BCUT2D eigenvalue weighted by molar-refractivity contribution is -0.119. The van der Waals surface area contributed by atoms with Gasteiger partial charge in [0, 0.05) is 23.7 Å². The number of carbonyl (C=O) groups excluding carboxylic acids is 2. The van der Waals surface area contributed by atoms with Gasteiger partial charge in [0.25, 0.3) is 11.5 Å². The van der Waals surface area contributed by atoms with Gasteiger partial charge in [-0.1, -0.05) is 37.6 Å². The highest BCUT2D eigenvalue weighted by Crippen LogP contribution is 2.17. The highest BCUT2D eigenvalue weighted by Gasteiger charge is 2.19. The van der Waals surface area contributed by atoms with Crippen LogP contribution in [0.5, 0.6) is 5.75 Å². The monoisotopic (exact) mass is 409 g/mol. The zero-order valence-electron chi connectivity index (χ0n) is 16.9. The molecule has 3 rings (SSSR count). The van der Waals surface area contributed by atoms with Crippen molar-refractivity contribution in [2.45, 2.75) is 26.3 Å². The number of carbonyl (C=O) groups is 2. The van der Waals surface area contributed by atoms with Crippen LogP contribution in [0.4, 0.5) is 5.69 Å². The summed E-state index contributed by atoms with van der Waals surface area (Å²) >= 11 is 0. The van der Waals surface area contributed by atoms with Crippen LogP contribution in [0.25, 0.3) is 10.8 Å². The van der Waals surface area contributed by atoms with E-state index < -0.39 is 18.5 Å². The number of hydrogen-bond acceptors (Lipinski definition) is 6. The van der Waals surface area contributed by atoms with Gasteiger partial charge < -0.3 is 14.8 Å². The molecule has 30 heavy (non-hydrogen) atoms. The second-order valence-electron chi connectivity index (χ2n) is 6.63. The summed E-state index contributed by atoms with van der Waals surface area (Å²) < 4.78 is 11.6. The summed E-state index contributed by atoms with van der Waals surface area (Å²) in [5, 5.41) is 7.62. The Morgan fingerprint density at radius 3 is 2.60 bits per heavy atom. The highest BCUT2D eigenvalue weighted by atomic mass is 16.5. The maximum absolute atomic E-state index is 12.7. The normalized spacial score (nSPS) is 10.6. The van der Waals surface area contributed by atoms with Crippen LogP contribution >= 0.6 is 0 Å². The Hall–Kier alpha value is -3.68. The average Bonchev–Trinajstić information content (AvgIpc) is 2.77. The first-order chi connectivity index (χ1) is 14.5. The molecule has 0 spiro atoms. The molecular weight excluding hydrogens is 386 g/mol. The van der Waals surface area contributed by atoms with E-state index in [4.69, 9.17) is 9.47 Å². The van der Waals surface area contributed by atoms with Gasteiger partial charge in [-0.25, -0.2) is 9.48 Å². The first-order valence-corrected chi connectivity index (χ1v) is 9.64. The van der Waals surface area contributed by atoms with Gasteiger partial charge in [0.05, 0.1) is 12.5 Å². The lowest BCUT2D eigenvalue weighted by Crippen LogP contribution is -2.27. The third-order valence-electron chi connectivity index (χ3n) is 4.47. The van der Waals surface area contributed by atoms with Crippen molar-refractivity contribution in [1.29, 1.82) is 0 Å². The smallest absolute Gasteiger partial charge is 0.359 e. The molecule has 1 amide bonds. The Bertz CT molecular complexity index is 1120. The molecule has 1 heterocycles. The van der Waals surface area contributed by atoms with Crippen molar-refractivity contribution in [1.82, 2.24) is 9.78 Å². The first-order valence-electron chi connectivity index (χ1n) is 9.64. The lowest BCUT2D eigenvalue weighted by Gasteiger charge is -2.11. The van der Waals surface area contributed by atoms with Gasteiger partial charge in [-0.15, -0.1) is 0 Å². The number of nitrogens with zero attached hydrogens (tertiary/aromatic N) is 2. The van der Waals surface area contributed by atoms with E-state index in [0.29, 0.717) is 28.8 Å². The highest BCUT2D eigenvalue weighted by molar-refractivity contribution is 6.03. The molecule has 0 radical (unpaired) electrons. The number of methoxy groups -OCH3 is 1. The second-order valence-corrected chi connectivity index (χ2v) is 6.63. The summed E-state index contributed by atoms with van der Waals surface area (Å²) in [5.41, 5.74) is 0.272. The molecule has 0 aliphatic rings. The van der Waals surface area contributed by atoms with E-state index >= 15 is 0 Å². The standard InChI is InChI=1S/C22H23N3O5/c1-3-4-12-25-21(27)18-11-6-5-10-17(18)20(24-25)22(28)30-14-19(26)23-15-8-7-9-16(13-15)29-2/h5-11,13H,3-4,12,14H2,1-2H3,(H,23,26). The van der Waals surface area contributed by atoms with Crippen molar-refractivity contribution < 1.29 is 19.1 Å². The van der Waals surface area contributed by atoms with Crippen LogP contribution in [0, 0.1) is 0 Å². The number of nitrogens with one attached hydrogen (secondary N) is 1. The minimum absolute atomic E-state index is 0.00971. The molecule has 8 heteroatoms.